The number of imidazole rings is 1. The van der Waals surface area contributed by atoms with Gasteiger partial charge in [0.1, 0.15) is 5.75 Å². The Morgan fingerprint density at radius 1 is 0.789 bits per heavy atom. The van der Waals surface area contributed by atoms with Gasteiger partial charge < -0.3 is 14.6 Å². The number of benzene rings is 1. The van der Waals surface area contributed by atoms with Crippen molar-refractivity contribution in [2.75, 3.05) is 13.7 Å². The zero-order chi connectivity index (χ0) is 27.1. The average molecular weight is 526 g/mol. The number of unbranched alkanes of at least 4 members (excludes halogenated alkanes) is 15. The highest BCUT2D eigenvalue weighted by atomic mass is 16.5. The van der Waals surface area contributed by atoms with Gasteiger partial charge in [-0.2, -0.15) is 0 Å². The summed E-state index contributed by atoms with van der Waals surface area (Å²) in [7, 11) is 1.69. The Balaban J connectivity index is 1.51. The summed E-state index contributed by atoms with van der Waals surface area (Å²) >= 11 is 0. The molecule has 214 valence electrons. The minimum atomic E-state index is 0.264. The van der Waals surface area contributed by atoms with Gasteiger partial charge in [-0.1, -0.05) is 115 Å². The predicted molar refractivity (Wildman–Crippen MR) is 159 cm³/mol. The topological polar surface area (TPSA) is 58.2 Å². The number of hydrogen-bond donors (Lipinski definition) is 1. The Bertz CT molecular complexity index is 804. The first-order valence-corrected chi connectivity index (χ1v) is 15.6. The number of nitrogens with one attached hydrogen (secondary N) is 1. The highest BCUT2D eigenvalue weighted by Crippen LogP contribution is 2.16. The van der Waals surface area contributed by atoms with Gasteiger partial charge in [0.15, 0.2) is 0 Å². The fourth-order valence-corrected chi connectivity index (χ4v) is 5.12. The van der Waals surface area contributed by atoms with E-state index in [0.717, 1.165) is 43.7 Å². The van der Waals surface area contributed by atoms with Crippen LogP contribution in [0.25, 0.3) is 0 Å². The van der Waals surface area contributed by atoms with E-state index in [1.807, 2.05) is 23.2 Å². The molecule has 0 bridgehead atoms. The van der Waals surface area contributed by atoms with Gasteiger partial charge in [-0.05, 0) is 37.0 Å². The normalized spacial score (nSPS) is 11.1. The Morgan fingerprint density at radius 2 is 1.34 bits per heavy atom. The third-order valence-electron chi connectivity index (χ3n) is 7.57. The number of aromatic nitrogens is 2. The van der Waals surface area contributed by atoms with Crippen LogP contribution in [0.3, 0.4) is 0 Å². The standard InChI is InChI=1S/C33H55N3O2/c1-3-4-5-6-7-8-9-10-11-12-13-14-15-16-17-18-21-33(37)36(28-31-27-34-29-35-31)26-19-20-30-22-24-32(38-2)25-23-30/h22-25,27,29H,3-21,26,28H2,1-2H3,(H,34,35). The fraction of sp³-hybridized carbons (Fsp3) is 0.697. The molecule has 0 fully saturated rings. The highest BCUT2D eigenvalue weighted by molar-refractivity contribution is 5.76. The molecule has 0 atom stereocenters. The number of methoxy groups -OCH3 is 1. The van der Waals surface area contributed by atoms with Gasteiger partial charge in [0.2, 0.25) is 5.91 Å². The maximum absolute atomic E-state index is 13.0. The van der Waals surface area contributed by atoms with Gasteiger partial charge in [-0.25, -0.2) is 4.98 Å². The van der Waals surface area contributed by atoms with Gasteiger partial charge in [-0.3, -0.25) is 4.79 Å². The molecule has 0 radical (unpaired) electrons. The second-order valence-electron chi connectivity index (χ2n) is 10.9. The van der Waals surface area contributed by atoms with Gasteiger partial charge in [-0.15, -0.1) is 0 Å². The van der Waals surface area contributed by atoms with E-state index in [1.54, 1.807) is 13.4 Å². The number of aryl methyl sites for hydroxylation is 1. The summed E-state index contributed by atoms with van der Waals surface area (Å²) < 4.78 is 5.25. The van der Waals surface area contributed by atoms with E-state index < -0.39 is 0 Å². The summed E-state index contributed by atoms with van der Waals surface area (Å²) in [4.78, 5) is 22.3. The van der Waals surface area contributed by atoms with Crippen molar-refractivity contribution in [3.05, 3.63) is 48.0 Å². The molecule has 1 N–H and O–H groups in total. The largest absolute Gasteiger partial charge is 0.497 e. The van der Waals surface area contributed by atoms with Crippen molar-refractivity contribution < 1.29 is 9.53 Å². The Hall–Kier alpha value is -2.30. The quantitative estimate of drug-likeness (QED) is 0.139. The van der Waals surface area contributed by atoms with Gasteiger partial charge in [0.05, 0.1) is 25.7 Å². The van der Waals surface area contributed by atoms with Crippen molar-refractivity contribution in [1.29, 1.82) is 0 Å². The number of nitrogens with zero attached hydrogens (tertiary/aromatic N) is 2. The number of rotatable bonds is 24. The van der Waals surface area contributed by atoms with Crippen LogP contribution in [-0.4, -0.2) is 34.4 Å². The van der Waals surface area contributed by atoms with Crippen LogP contribution in [0.2, 0.25) is 0 Å². The van der Waals surface area contributed by atoms with Crippen LogP contribution in [-0.2, 0) is 17.8 Å². The number of H-pyrrole nitrogens is 1. The van der Waals surface area contributed by atoms with Gasteiger partial charge in [0.25, 0.3) is 0 Å². The van der Waals surface area contributed by atoms with E-state index in [0.29, 0.717) is 13.0 Å². The van der Waals surface area contributed by atoms with E-state index in [9.17, 15) is 4.79 Å². The Morgan fingerprint density at radius 3 is 1.84 bits per heavy atom. The zero-order valence-corrected chi connectivity index (χ0v) is 24.5. The predicted octanol–water partition coefficient (Wildman–Crippen LogP) is 9.03. The lowest BCUT2D eigenvalue weighted by molar-refractivity contribution is -0.132. The monoisotopic (exact) mass is 525 g/mol. The third-order valence-corrected chi connectivity index (χ3v) is 7.57. The number of ether oxygens (including phenoxy) is 1. The maximum atomic E-state index is 13.0. The second kappa shape index (κ2) is 21.6. The molecule has 1 aromatic carbocycles. The molecule has 1 aromatic heterocycles. The Kier molecular flexibility index (Phi) is 18.2. The number of carbonyl (C=O) groups is 1. The number of aromatic amines is 1. The van der Waals surface area contributed by atoms with E-state index in [4.69, 9.17) is 4.74 Å². The molecule has 0 aliphatic rings. The molecule has 5 heteroatoms. The average Bonchev–Trinajstić information content (AvgIpc) is 3.46. The molecule has 38 heavy (non-hydrogen) atoms. The molecule has 0 saturated heterocycles. The summed E-state index contributed by atoms with van der Waals surface area (Å²) in [5.74, 6) is 1.14. The van der Waals surface area contributed by atoms with Crippen LogP contribution in [0.15, 0.2) is 36.8 Å². The van der Waals surface area contributed by atoms with Crippen LogP contribution in [0.4, 0.5) is 0 Å². The molecular weight excluding hydrogens is 470 g/mol. The van der Waals surface area contributed by atoms with Crippen LogP contribution in [0.1, 0.15) is 134 Å². The lowest BCUT2D eigenvalue weighted by atomic mass is 10.0. The number of amides is 1. The number of hydrogen-bond acceptors (Lipinski definition) is 3. The van der Waals surface area contributed by atoms with E-state index in [2.05, 4.69) is 29.0 Å². The van der Waals surface area contributed by atoms with E-state index in [-0.39, 0.29) is 5.91 Å². The molecule has 0 aliphatic heterocycles. The van der Waals surface area contributed by atoms with Crippen molar-refractivity contribution in [3.8, 4) is 5.75 Å². The highest BCUT2D eigenvalue weighted by Gasteiger charge is 2.14. The molecule has 0 spiro atoms. The summed E-state index contributed by atoms with van der Waals surface area (Å²) in [5, 5.41) is 0. The van der Waals surface area contributed by atoms with Crippen molar-refractivity contribution in [3.63, 3.8) is 0 Å². The van der Waals surface area contributed by atoms with Crippen LogP contribution in [0, 0.1) is 0 Å². The molecular formula is C33H55N3O2. The van der Waals surface area contributed by atoms with Crippen molar-refractivity contribution >= 4 is 5.91 Å². The van der Waals surface area contributed by atoms with Crippen LogP contribution in [0.5, 0.6) is 5.75 Å². The molecule has 2 rings (SSSR count). The zero-order valence-electron chi connectivity index (χ0n) is 24.5. The molecule has 0 unspecified atom stereocenters. The summed E-state index contributed by atoms with van der Waals surface area (Å²) in [6.45, 7) is 3.66. The van der Waals surface area contributed by atoms with Crippen LogP contribution < -0.4 is 4.74 Å². The lowest BCUT2D eigenvalue weighted by Gasteiger charge is -2.22. The summed E-state index contributed by atoms with van der Waals surface area (Å²) in [5.41, 5.74) is 2.27. The smallest absolute Gasteiger partial charge is 0.222 e. The van der Waals surface area contributed by atoms with Crippen molar-refractivity contribution in [2.24, 2.45) is 0 Å². The summed E-state index contributed by atoms with van der Waals surface area (Å²) in [6, 6.07) is 8.22. The first-order chi connectivity index (χ1) is 18.7. The molecule has 2 aromatic rings. The Labute approximate surface area is 233 Å². The SMILES string of the molecule is CCCCCCCCCCCCCCCCCCC(=O)N(CCCc1ccc(OC)cc1)Cc1cnc[nH]1. The number of carbonyl (C=O) groups excluding carboxylic acids is 1. The van der Waals surface area contributed by atoms with Crippen molar-refractivity contribution in [1.82, 2.24) is 14.9 Å². The molecule has 0 saturated carbocycles. The maximum Gasteiger partial charge on any atom is 0.222 e. The lowest BCUT2D eigenvalue weighted by Crippen LogP contribution is -2.31. The summed E-state index contributed by atoms with van der Waals surface area (Å²) in [6.07, 6.45) is 27.7. The van der Waals surface area contributed by atoms with E-state index >= 15 is 0 Å². The third kappa shape index (κ3) is 15.2. The molecule has 0 aliphatic carbocycles. The van der Waals surface area contributed by atoms with Gasteiger partial charge >= 0.3 is 0 Å². The molecule has 1 amide bonds. The minimum absolute atomic E-state index is 0.264. The molecule has 1 heterocycles. The fourth-order valence-electron chi connectivity index (χ4n) is 5.12. The van der Waals surface area contributed by atoms with Crippen LogP contribution >= 0.6 is 0 Å². The first-order valence-electron chi connectivity index (χ1n) is 15.6. The molecule has 5 nitrogen and oxygen atoms in total. The minimum Gasteiger partial charge on any atom is -0.497 e. The van der Waals surface area contributed by atoms with E-state index in [1.165, 1.54) is 95.5 Å². The van der Waals surface area contributed by atoms with Gasteiger partial charge in [0, 0.05) is 19.2 Å². The second-order valence-corrected chi connectivity index (χ2v) is 10.9. The van der Waals surface area contributed by atoms with Crippen molar-refractivity contribution in [2.45, 2.75) is 135 Å². The first kappa shape index (κ1) is 31.9.